The topological polar surface area (TPSA) is 16.1 Å². The lowest BCUT2D eigenvalue weighted by atomic mass is 10.3. The van der Waals surface area contributed by atoms with Gasteiger partial charge in [0.05, 0.1) is 9.52 Å². The zero-order valence-electron chi connectivity index (χ0n) is 7.62. The van der Waals surface area contributed by atoms with Crippen molar-refractivity contribution in [3.05, 3.63) is 30.1 Å². The van der Waals surface area contributed by atoms with E-state index < -0.39 is 0 Å². The average Bonchev–Trinajstić information content (AvgIpc) is 2.05. The standard InChI is InChI=1S/C9H14N2Si/c1-11(2)8-12-7-9-4-3-5-10-6-9/h3-6H,7-8H2,1-2H3. The van der Waals surface area contributed by atoms with Gasteiger partial charge >= 0.3 is 0 Å². The third-order valence-electron chi connectivity index (χ3n) is 1.48. The van der Waals surface area contributed by atoms with Gasteiger partial charge in [-0.2, -0.15) is 0 Å². The number of pyridine rings is 1. The maximum atomic E-state index is 4.07. The van der Waals surface area contributed by atoms with Crippen molar-refractivity contribution in [3.8, 4) is 0 Å². The van der Waals surface area contributed by atoms with Crippen molar-refractivity contribution in [2.45, 2.75) is 6.04 Å². The smallest absolute Gasteiger partial charge is 0.0615 e. The van der Waals surface area contributed by atoms with Crippen molar-refractivity contribution >= 4 is 9.52 Å². The first-order valence-corrected chi connectivity index (χ1v) is 5.45. The Morgan fingerprint density at radius 3 is 2.92 bits per heavy atom. The summed E-state index contributed by atoms with van der Waals surface area (Å²) >= 11 is 0. The Labute approximate surface area is 76.4 Å². The first-order chi connectivity index (χ1) is 5.79. The molecule has 1 aromatic heterocycles. The first kappa shape index (κ1) is 9.42. The Balaban J connectivity index is 2.25. The molecule has 12 heavy (non-hydrogen) atoms. The predicted molar refractivity (Wildman–Crippen MR) is 52.2 cm³/mol. The highest BCUT2D eigenvalue weighted by Gasteiger charge is 1.94. The Morgan fingerprint density at radius 2 is 2.33 bits per heavy atom. The predicted octanol–water partition coefficient (Wildman–Crippen LogP) is 0.805. The largest absolute Gasteiger partial charge is 0.313 e. The molecule has 0 saturated heterocycles. The monoisotopic (exact) mass is 178 g/mol. The quantitative estimate of drug-likeness (QED) is 0.634. The molecule has 0 aromatic carbocycles. The van der Waals surface area contributed by atoms with Crippen LogP contribution < -0.4 is 0 Å². The number of nitrogens with zero attached hydrogens (tertiary/aromatic N) is 2. The molecule has 0 amide bonds. The van der Waals surface area contributed by atoms with Crippen molar-refractivity contribution in [1.29, 1.82) is 0 Å². The summed E-state index contributed by atoms with van der Waals surface area (Å²) in [6, 6.07) is 5.29. The van der Waals surface area contributed by atoms with Gasteiger partial charge in [-0.15, -0.1) is 0 Å². The lowest BCUT2D eigenvalue weighted by Crippen LogP contribution is -2.20. The lowest BCUT2D eigenvalue weighted by molar-refractivity contribution is 0.477. The molecule has 64 valence electrons. The minimum atomic E-state index is 0.976. The lowest BCUT2D eigenvalue weighted by Gasteiger charge is -2.07. The molecule has 0 fully saturated rings. The Bertz CT molecular complexity index is 211. The van der Waals surface area contributed by atoms with Crippen molar-refractivity contribution in [2.24, 2.45) is 0 Å². The van der Waals surface area contributed by atoms with Crippen LogP contribution in [0.5, 0.6) is 0 Å². The zero-order valence-corrected chi connectivity index (χ0v) is 8.62. The third-order valence-corrected chi connectivity index (χ3v) is 2.99. The number of rotatable bonds is 4. The van der Waals surface area contributed by atoms with Crippen LogP contribution in [-0.4, -0.2) is 39.7 Å². The van der Waals surface area contributed by atoms with E-state index in [1.807, 2.05) is 18.5 Å². The van der Waals surface area contributed by atoms with Gasteiger partial charge in [0.25, 0.3) is 0 Å². The Kier molecular flexibility index (Phi) is 3.97. The Morgan fingerprint density at radius 1 is 1.50 bits per heavy atom. The maximum Gasteiger partial charge on any atom is 0.0615 e. The van der Waals surface area contributed by atoms with Gasteiger partial charge in [0.15, 0.2) is 0 Å². The van der Waals surface area contributed by atoms with Crippen LogP contribution in [0.1, 0.15) is 5.56 Å². The van der Waals surface area contributed by atoms with Crippen LogP contribution in [0.15, 0.2) is 24.5 Å². The molecule has 1 aromatic rings. The van der Waals surface area contributed by atoms with Crippen LogP contribution in [0, 0.1) is 0 Å². The summed E-state index contributed by atoms with van der Waals surface area (Å²) in [5, 5.41) is 0. The second-order valence-corrected chi connectivity index (χ2v) is 4.20. The van der Waals surface area contributed by atoms with Gasteiger partial charge in [0.2, 0.25) is 0 Å². The van der Waals surface area contributed by atoms with Crippen LogP contribution in [0.3, 0.4) is 0 Å². The second kappa shape index (κ2) is 5.06. The number of hydrogen-bond acceptors (Lipinski definition) is 2. The molecule has 0 spiro atoms. The van der Waals surface area contributed by atoms with E-state index in [-0.39, 0.29) is 0 Å². The molecule has 0 unspecified atom stereocenters. The fraction of sp³-hybridized carbons (Fsp3) is 0.444. The van der Waals surface area contributed by atoms with E-state index in [0.29, 0.717) is 0 Å². The van der Waals surface area contributed by atoms with E-state index in [1.165, 1.54) is 11.7 Å². The van der Waals surface area contributed by atoms with Crippen molar-refractivity contribution in [3.63, 3.8) is 0 Å². The van der Waals surface area contributed by atoms with Gasteiger partial charge in [-0.3, -0.25) is 4.98 Å². The van der Waals surface area contributed by atoms with Crippen molar-refractivity contribution in [2.75, 3.05) is 20.3 Å². The summed E-state index contributed by atoms with van der Waals surface area (Å²) in [5.41, 5.74) is 1.35. The minimum absolute atomic E-state index is 0.976. The molecule has 0 saturated carbocycles. The van der Waals surface area contributed by atoms with Crippen LogP contribution >= 0.6 is 0 Å². The molecule has 0 atom stereocenters. The van der Waals surface area contributed by atoms with Gasteiger partial charge in [-0.1, -0.05) is 6.07 Å². The second-order valence-electron chi connectivity index (χ2n) is 3.03. The Hall–Kier alpha value is -0.673. The molecule has 0 bridgehead atoms. The third kappa shape index (κ3) is 3.64. The van der Waals surface area contributed by atoms with E-state index in [9.17, 15) is 0 Å². The van der Waals surface area contributed by atoms with Gasteiger partial charge in [-0.05, 0) is 37.9 Å². The molecule has 2 nitrogen and oxygen atoms in total. The highest BCUT2D eigenvalue weighted by atomic mass is 28.2. The molecule has 0 aliphatic heterocycles. The zero-order chi connectivity index (χ0) is 8.81. The van der Waals surface area contributed by atoms with Crippen molar-refractivity contribution in [1.82, 2.24) is 9.88 Å². The van der Waals surface area contributed by atoms with Gasteiger partial charge < -0.3 is 4.90 Å². The normalized spacial score (nSPS) is 10.6. The highest BCUT2D eigenvalue weighted by Crippen LogP contribution is 1.95. The van der Waals surface area contributed by atoms with Crippen LogP contribution in [0.4, 0.5) is 0 Å². The molecule has 2 radical (unpaired) electrons. The van der Waals surface area contributed by atoms with Crippen molar-refractivity contribution < 1.29 is 0 Å². The molecule has 1 heterocycles. The van der Waals surface area contributed by atoms with Crippen LogP contribution in [0.25, 0.3) is 0 Å². The molecule has 0 N–H and O–H groups in total. The maximum absolute atomic E-state index is 4.07. The summed E-state index contributed by atoms with van der Waals surface area (Å²) in [5.74, 6) is 0. The van der Waals surface area contributed by atoms with Gasteiger partial charge in [0.1, 0.15) is 0 Å². The van der Waals surface area contributed by atoms with Crippen LogP contribution in [0.2, 0.25) is 0 Å². The summed E-state index contributed by atoms with van der Waals surface area (Å²) in [6.07, 6.45) is 4.94. The summed E-state index contributed by atoms with van der Waals surface area (Å²) < 4.78 is 0. The average molecular weight is 178 g/mol. The van der Waals surface area contributed by atoms with E-state index in [1.54, 1.807) is 0 Å². The first-order valence-electron chi connectivity index (χ1n) is 4.03. The SMILES string of the molecule is CN(C)C[Si]Cc1cccnc1. The van der Waals surface area contributed by atoms with Gasteiger partial charge in [0, 0.05) is 12.4 Å². The fourth-order valence-electron chi connectivity index (χ4n) is 0.927. The molecular formula is C9H14N2Si. The number of hydrogen-bond donors (Lipinski definition) is 0. The molecule has 3 heteroatoms. The summed E-state index contributed by atoms with van der Waals surface area (Å²) in [6.45, 7) is 0. The van der Waals surface area contributed by atoms with E-state index in [4.69, 9.17) is 0 Å². The van der Waals surface area contributed by atoms with E-state index >= 15 is 0 Å². The van der Waals surface area contributed by atoms with Gasteiger partial charge in [-0.25, -0.2) is 0 Å². The highest BCUT2D eigenvalue weighted by molar-refractivity contribution is 6.35. The molecule has 1 rings (SSSR count). The summed E-state index contributed by atoms with van der Waals surface area (Å²) in [4.78, 5) is 6.29. The minimum Gasteiger partial charge on any atom is -0.313 e. The van der Waals surface area contributed by atoms with E-state index in [0.717, 1.165) is 15.6 Å². The molecular weight excluding hydrogens is 164 g/mol. The van der Waals surface area contributed by atoms with Crippen LogP contribution in [-0.2, 0) is 6.04 Å². The molecule has 0 aliphatic rings. The fourth-order valence-corrected chi connectivity index (χ4v) is 1.98. The number of aromatic nitrogens is 1. The summed E-state index contributed by atoms with van der Waals surface area (Å²) in [7, 11) is 5.19. The molecule has 0 aliphatic carbocycles. The van der Waals surface area contributed by atoms with E-state index in [2.05, 4.69) is 30.0 Å².